The molecule has 0 aliphatic carbocycles. The van der Waals surface area contributed by atoms with E-state index in [1.165, 1.54) is 5.56 Å². The van der Waals surface area contributed by atoms with Crippen LogP contribution >= 0.6 is 0 Å². The third-order valence-electron chi connectivity index (χ3n) is 3.39. The molecule has 0 spiro atoms. The van der Waals surface area contributed by atoms with E-state index in [9.17, 15) is 9.59 Å². The van der Waals surface area contributed by atoms with E-state index < -0.39 is 12.2 Å². The van der Waals surface area contributed by atoms with Crippen molar-refractivity contribution >= 4 is 17.9 Å². The van der Waals surface area contributed by atoms with Crippen LogP contribution in [0.2, 0.25) is 0 Å². The molecule has 6 heteroatoms. The minimum Gasteiger partial charge on any atom is -0.447 e. The molecule has 26 heavy (non-hydrogen) atoms. The summed E-state index contributed by atoms with van der Waals surface area (Å²) in [6.45, 7) is 4.05. The van der Waals surface area contributed by atoms with Crippen molar-refractivity contribution in [2.24, 2.45) is 0 Å². The lowest BCUT2D eigenvalue weighted by atomic mass is 10.1. The van der Waals surface area contributed by atoms with Crippen molar-refractivity contribution in [2.45, 2.75) is 32.8 Å². The average Bonchev–Trinajstić information content (AvgIpc) is 2.59. The monoisotopic (exact) mass is 356 g/mol. The van der Waals surface area contributed by atoms with Gasteiger partial charge >= 0.3 is 12.2 Å². The molecule has 0 bridgehead atoms. The summed E-state index contributed by atoms with van der Waals surface area (Å²) in [6.07, 6.45) is 0.416. The third kappa shape index (κ3) is 7.25. The Bertz CT molecular complexity index is 717. The first kappa shape index (κ1) is 19.3. The van der Waals surface area contributed by atoms with Gasteiger partial charge < -0.3 is 14.8 Å². The number of amides is 2. The van der Waals surface area contributed by atoms with E-state index in [0.717, 1.165) is 12.8 Å². The molecule has 0 aromatic heterocycles. The highest BCUT2D eigenvalue weighted by molar-refractivity contribution is 5.85. The maximum atomic E-state index is 11.9. The van der Waals surface area contributed by atoms with Gasteiger partial charge in [-0.15, -0.1) is 0 Å². The van der Waals surface area contributed by atoms with E-state index >= 15 is 0 Å². The van der Waals surface area contributed by atoms with Crippen molar-refractivity contribution in [3.05, 3.63) is 60.2 Å². The van der Waals surface area contributed by atoms with Crippen LogP contribution in [0.3, 0.4) is 0 Å². The summed E-state index contributed by atoms with van der Waals surface area (Å²) < 4.78 is 10.2. The highest BCUT2D eigenvalue weighted by Crippen LogP contribution is 2.17. The second kappa shape index (κ2) is 10.1. The van der Waals surface area contributed by atoms with Gasteiger partial charge in [0.1, 0.15) is 5.75 Å². The number of hydrogen-bond acceptors (Lipinski definition) is 4. The summed E-state index contributed by atoms with van der Waals surface area (Å²) in [6, 6.07) is 16.7. The summed E-state index contributed by atoms with van der Waals surface area (Å²) in [5.74, 6) is 0.341. The predicted molar refractivity (Wildman–Crippen MR) is 100 cm³/mol. The molecular weight excluding hydrogens is 332 g/mol. The largest absolute Gasteiger partial charge is 0.447 e. The summed E-state index contributed by atoms with van der Waals surface area (Å²) in [7, 11) is 0. The molecule has 138 valence electrons. The van der Waals surface area contributed by atoms with E-state index in [1.807, 2.05) is 18.2 Å². The van der Waals surface area contributed by atoms with Gasteiger partial charge in [-0.1, -0.05) is 36.4 Å². The summed E-state index contributed by atoms with van der Waals surface area (Å²) in [4.78, 5) is 23.5. The van der Waals surface area contributed by atoms with Crippen LogP contribution in [0.1, 0.15) is 25.8 Å². The second-order valence-corrected chi connectivity index (χ2v) is 6.01. The van der Waals surface area contributed by atoms with Crippen molar-refractivity contribution < 1.29 is 19.1 Å². The van der Waals surface area contributed by atoms with Crippen LogP contribution in [-0.4, -0.2) is 24.8 Å². The molecule has 2 aromatic rings. The maximum absolute atomic E-state index is 11.9. The standard InChI is InChI=1S/C20H24N2O4/c1-15(2)25-20(24)22-17-11-6-12-18(14-17)26-19(23)21-13-7-10-16-8-4-3-5-9-16/h3-6,8-9,11-12,14-15H,7,10,13H2,1-2H3,(H,21,23)(H,22,24). The lowest BCUT2D eigenvalue weighted by Crippen LogP contribution is -2.28. The van der Waals surface area contributed by atoms with Gasteiger partial charge in [0.15, 0.2) is 0 Å². The Balaban J connectivity index is 1.74. The number of aryl methyl sites for hydroxylation is 1. The molecule has 0 unspecified atom stereocenters. The lowest BCUT2D eigenvalue weighted by Gasteiger charge is -2.11. The Morgan fingerprint density at radius 2 is 1.77 bits per heavy atom. The number of hydrogen-bond donors (Lipinski definition) is 2. The van der Waals surface area contributed by atoms with Gasteiger partial charge in [-0.3, -0.25) is 5.32 Å². The predicted octanol–water partition coefficient (Wildman–Crippen LogP) is 4.36. The van der Waals surface area contributed by atoms with Crippen molar-refractivity contribution in [2.75, 3.05) is 11.9 Å². The number of rotatable bonds is 7. The quantitative estimate of drug-likeness (QED) is 0.723. The van der Waals surface area contributed by atoms with E-state index in [-0.39, 0.29) is 6.10 Å². The molecule has 0 atom stereocenters. The fourth-order valence-corrected chi connectivity index (χ4v) is 2.27. The number of carbonyl (C=O) groups is 2. The van der Waals surface area contributed by atoms with Gasteiger partial charge in [0.05, 0.1) is 6.10 Å². The molecule has 0 saturated carbocycles. The van der Waals surface area contributed by atoms with Crippen LogP contribution in [0.4, 0.5) is 15.3 Å². The zero-order valence-corrected chi connectivity index (χ0v) is 15.0. The Morgan fingerprint density at radius 3 is 2.50 bits per heavy atom. The number of carbonyl (C=O) groups excluding carboxylic acids is 2. The molecule has 2 amide bonds. The Hall–Kier alpha value is -3.02. The van der Waals surface area contributed by atoms with Crippen molar-refractivity contribution in [1.82, 2.24) is 5.32 Å². The van der Waals surface area contributed by atoms with Crippen LogP contribution in [-0.2, 0) is 11.2 Å². The van der Waals surface area contributed by atoms with Crippen molar-refractivity contribution in [3.8, 4) is 5.75 Å². The van der Waals surface area contributed by atoms with Gasteiger partial charge in [-0.25, -0.2) is 9.59 Å². The molecule has 0 aliphatic rings. The van der Waals surface area contributed by atoms with E-state index in [0.29, 0.717) is 18.0 Å². The van der Waals surface area contributed by atoms with Crippen LogP contribution in [0.15, 0.2) is 54.6 Å². The maximum Gasteiger partial charge on any atom is 0.412 e. The SMILES string of the molecule is CC(C)OC(=O)Nc1cccc(OC(=O)NCCCc2ccccc2)c1. The smallest absolute Gasteiger partial charge is 0.412 e. The molecule has 2 N–H and O–H groups in total. The molecule has 0 radical (unpaired) electrons. The lowest BCUT2D eigenvalue weighted by molar-refractivity contribution is 0.130. The molecule has 0 saturated heterocycles. The average molecular weight is 356 g/mol. The molecular formula is C20H24N2O4. The van der Waals surface area contributed by atoms with E-state index in [4.69, 9.17) is 9.47 Å². The van der Waals surface area contributed by atoms with Crippen LogP contribution in [0, 0.1) is 0 Å². The number of anilines is 1. The zero-order valence-electron chi connectivity index (χ0n) is 15.0. The minimum atomic E-state index is -0.553. The van der Waals surface area contributed by atoms with Crippen LogP contribution in [0.25, 0.3) is 0 Å². The minimum absolute atomic E-state index is 0.212. The van der Waals surface area contributed by atoms with E-state index in [1.54, 1.807) is 38.1 Å². The Kier molecular flexibility index (Phi) is 7.49. The van der Waals surface area contributed by atoms with Gasteiger partial charge in [-0.2, -0.15) is 0 Å². The third-order valence-corrected chi connectivity index (χ3v) is 3.39. The fourth-order valence-electron chi connectivity index (χ4n) is 2.27. The van der Waals surface area contributed by atoms with Gasteiger partial charge in [0, 0.05) is 18.3 Å². The fraction of sp³-hybridized carbons (Fsp3) is 0.300. The molecule has 0 heterocycles. The molecule has 0 fully saturated rings. The molecule has 2 aromatic carbocycles. The van der Waals surface area contributed by atoms with Crippen LogP contribution in [0.5, 0.6) is 5.75 Å². The molecule has 0 aliphatic heterocycles. The molecule has 6 nitrogen and oxygen atoms in total. The van der Waals surface area contributed by atoms with Crippen molar-refractivity contribution in [1.29, 1.82) is 0 Å². The number of nitrogens with one attached hydrogen (secondary N) is 2. The number of benzene rings is 2. The summed E-state index contributed by atoms with van der Waals surface area (Å²) in [5, 5.41) is 5.30. The summed E-state index contributed by atoms with van der Waals surface area (Å²) in [5.41, 5.74) is 1.72. The topological polar surface area (TPSA) is 76.7 Å². The van der Waals surface area contributed by atoms with E-state index in [2.05, 4.69) is 22.8 Å². The Labute approximate surface area is 153 Å². The number of ether oxygens (including phenoxy) is 2. The highest BCUT2D eigenvalue weighted by Gasteiger charge is 2.08. The molecule has 2 rings (SSSR count). The first-order chi connectivity index (χ1) is 12.5. The first-order valence-corrected chi connectivity index (χ1v) is 8.60. The summed E-state index contributed by atoms with van der Waals surface area (Å²) >= 11 is 0. The second-order valence-electron chi connectivity index (χ2n) is 6.01. The zero-order chi connectivity index (χ0) is 18.8. The highest BCUT2D eigenvalue weighted by atomic mass is 16.6. The first-order valence-electron chi connectivity index (χ1n) is 8.60. The Morgan fingerprint density at radius 1 is 1.00 bits per heavy atom. The normalized spacial score (nSPS) is 10.3. The van der Waals surface area contributed by atoms with Gasteiger partial charge in [-0.05, 0) is 44.4 Å². The van der Waals surface area contributed by atoms with Crippen molar-refractivity contribution in [3.63, 3.8) is 0 Å². The van der Waals surface area contributed by atoms with Crippen LogP contribution < -0.4 is 15.4 Å². The van der Waals surface area contributed by atoms with Gasteiger partial charge in [0.2, 0.25) is 0 Å². The van der Waals surface area contributed by atoms with Gasteiger partial charge in [0.25, 0.3) is 0 Å².